The van der Waals surface area contributed by atoms with Gasteiger partial charge in [-0.15, -0.1) is 0 Å². The van der Waals surface area contributed by atoms with E-state index in [1.807, 2.05) is 13.8 Å². The maximum atomic E-state index is 10.9. The number of nitrogens with one attached hydrogen (secondary N) is 1. The number of hydrogen-bond acceptors (Lipinski definition) is 2. The topological polar surface area (TPSA) is 38.3 Å². The summed E-state index contributed by atoms with van der Waals surface area (Å²) in [7, 11) is 0. The summed E-state index contributed by atoms with van der Waals surface area (Å²) in [6, 6.07) is 0. The van der Waals surface area contributed by atoms with E-state index in [-0.39, 0.29) is 5.91 Å². The van der Waals surface area contributed by atoms with Crippen LogP contribution in [0, 0.1) is 0 Å². The molecule has 70 valence electrons. The minimum absolute atomic E-state index is 0.189. The molecule has 12 heavy (non-hydrogen) atoms. The molecule has 0 heterocycles. The van der Waals surface area contributed by atoms with Crippen LogP contribution in [0.15, 0.2) is 11.6 Å². The van der Waals surface area contributed by atoms with E-state index in [4.69, 9.17) is 4.84 Å². The van der Waals surface area contributed by atoms with Gasteiger partial charge >= 0.3 is 0 Å². The summed E-state index contributed by atoms with van der Waals surface area (Å²) >= 11 is 0. The van der Waals surface area contributed by atoms with Gasteiger partial charge in [-0.2, -0.15) is 0 Å². The average Bonchev–Trinajstić information content (AvgIpc) is 1.97. The van der Waals surface area contributed by atoms with E-state index in [1.165, 1.54) is 6.08 Å². The van der Waals surface area contributed by atoms with Crippen LogP contribution in [-0.4, -0.2) is 12.5 Å². The molecule has 3 heteroatoms. The SMILES string of the molecule is CCCCONC(=O)C=C(C)C. The second-order valence-corrected chi connectivity index (χ2v) is 2.89. The molecule has 1 N–H and O–H groups in total. The van der Waals surface area contributed by atoms with Gasteiger partial charge in [0.2, 0.25) is 0 Å². The zero-order chi connectivity index (χ0) is 9.40. The monoisotopic (exact) mass is 171 g/mol. The minimum atomic E-state index is -0.189. The lowest BCUT2D eigenvalue weighted by Gasteiger charge is -2.01. The molecule has 0 fully saturated rings. The third-order valence-electron chi connectivity index (χ3n) is 1.19. The Balaban J connectivity index is 3.39. The number of unbranched alkanes of at least 4 members (excludes halogenated alkanes) is 1. The first-order valence-electron chi connectivity index (χ1n) is 4.23. The van der Waals surface area contributed by atoms with Crippen LogP contribution in [0.25, 0.3) is 0 Å². The molecule has 0 atom stereocenters. The van der Waals surface area contributed by atoms with Crippen molar-refractivity contribution in [3.63, 3.8) is 0 Å². The van der Waals surface area contributed by atoms with E-state index < -0.39 is 0 Å². The van der Waals surface area contributed by atoms with Crippen LogP contribution in [0.4, 0.5) is 0 Å². The van der Waals surface area contributed by atoms with Crippen LogP contribution in [0.3, 0.4) is 0 Å². The summed E-state index contributed by atoms with van der Waals surface area (Å²) in [6.45, 7) is 6.39. The smallest absolute Gasteiger partial charge is 0.267 e. The lowest BCUT2D eigenvalue weighted by molar-refractivity contribution is -0.128. The van der Waals surface area contributed by atoms with Gasteiger partial charge in [0, 0.05) is 6.08 Å². The van der Waals surface area contributed by atoms with Gasteiger partial charge in [0.25, 0.3) is 5.91 Å². The maximum absolute atomic E-state index is 10.9. The van der Waals surface area contributed by atoms with Crippen molar-refractivity contribution in [2.75, 3.05) is 6.61 Å². The van der Waals surface area contributed by atoms with Gasteiger partial charge in [0.05, 0.1) is 6.61 Å². The highest BCUT2D eigenvalue weighted by molar-refractivity contribution is 5.87. The lowest BCUT2D eigenvalue weighted by Crippen LogP contribution is -2.22. The average molecular weight is 171 g/mol. The molecule has 0 unspecified atom stereocenters. The van der Waals surface area contributed by atoms with Crippen LogP contribution in [0.2, 0.25) is 0 Å². The number of allylic oxidation sites excluding steroid dienone is 1. The van der Waals surface area contributed by atoms with Crippen molar-refractivity contribution in [1.82, 2.24) is 5.48 Å². The molecular weight excluding hydrogens is 154 g/mol. The zero-order valence-electron chi connectivity index (χ0n) is 8.02. The van der Waals surface area contributed by atoms with Gasteiger partial charge in [-0.3, -0.25) is 9.63 Å². The van der Waals surface area contributed by atoms with Crippen molar-refractivity contribution < 1.29 is 9.63 Å². The van der Waals surface area contributed by atoms with Crippen LogP contribution >= 0.6 is 0 Å². The summed E-state index contributed by atoms with van der Waals surface area (Å²) in [5.74, 6) is -0.189. The Kier molecular flexibility index (Phi) is 6.38. The Morgan fingerprint density at radius 3 is 2.67 bits per heavy atom. The molecule has 1 amide bonds. The Morgan fingerprint density at radius 2 is 2.17 bits per heavy atom. The fourth-order valence-electron chi connectivity index (χ4n) is 0.630. The first kappa shape index (κ1) is 11.2. The van der Waals surface area contributed by atoms with Crippen LogP contribution in [-0.2, 0) is 9.63 Å². The highest BCUT2D eigenvalue weighted by Gasteiger charge is 1.94. The second-order valence-electron chi connectivity index (χ2n) is 2.89. The highest BCUT2D eigenvalue weighted by Crippen LogP contribution is 1.88. The highest BCUT2D eigenvalue weighted by atomic mass is 16.6. The molecule has 0 rings (SSSR count). The maximum Gasteiger partial charge on any atom is 0.267 e. The number of hydroxylamine groups is 1. The third-order valence-corrected chi connectivity index (χ3v) is 1.19. The Morgan fingerprint density at radius 1 is 1.50 bits per heavy atom. The number of carbonyl (C=O) groups is 1. The molecule has 0 saturated heterocycles. The minimum Gasteiger partial charge on any atom is -0.273 e. The van der Waals surface area contributed by atoms with Gasteiger partial charge in [0.1, 0.15) is 0 Å². The van der Waals surface area contributed by atoms with E-state index in [2.05, 4.69) is 12.4 Å². The summed E-state index contributed by atoms with van der Waals surface area (Å²) in [6.07, 6.45) is 3.54. The molecular formula is C9H17NO2. The zero-order valence-corrected chi connectivity index (χ0v) is 8.02. The van der Waals surface area contributed by atoms with E-state index in [1.54, 1.807) is 0 Å². The molecule has 0 aromatic heterocycles. The van der Waals surface area contributed by atoms with E-state index in [0.717, 1.165) is 18.4 Å². The molecule has 0 saturated carbocycles. The fourth-order valence-corrected chi connectivity index (χ4v) is 0.630. The molecule has 0 aliphatic carbocycles. The van der Waals surface area contributed by atoms with Crippen molar-refractivity contribution >= 4 is 5.91 Å². The van der Waals surface area contributed by atoms with Crippen LogP contribution < -0.4 is 5.48 Å². The first-order chi connectivity index (χ1) is 5.66. The third kappa shape index (κ3) is 7.28. The Hall–Kier alpha value is -0.830. The molecule has 0 aliphatic rings. The van der Waals surface area contributed by atoms with Gasteiger partial charge in [-0.05, 0) is 20.3 Å². The van der Waals surface area contributed by atoms with Gasteiger partial charge in [-0.1, -0.05) is 18.9 Å². The van der Waals surface area contributed by atoms with Crippen molar-refractivity contribution in [3.8, 4) is 0 Å². The van der Waals surface area contributed by atoms with Crippen molar-refractivity contribution in [3.05, 3.63) is 11.6 Å². The molecule has 0 aliphatic heterocycles. The number of rotatable bonds is 5. The summed E-state index contributed by atoms with van der Waals surface area (Å²) in [4.78, 5) is 15.8. The quantitative estimate of drug-likeness (QED) is 0.389. The Bertz CT molecular complexity index is 160. The Labute approximate surface area is 73.7 Å². The standard InChI is InChI=1S/C9H17NO2/c1-4-5-6-12-10-9(11)7-8(2)3/h7H,4-6H2,1-3H3,(H,10,11). The second kappa shape index (κ2) is 6.85. The molecule has 0 aromatic rings. The predicted octanol–water partition coefficient (Wildman–Crippen LogP) is 1.80. The van der Waals surface area contributed by atoms with Crippen LogP contribution in [0.1, 0.15) is 33.6 Å². The summed E-state index contributed by atoms with van der Waals surface area (Å²) < 4.78 is 0. The molecule has 0 aromatic carbocycles. The van der Waals surface area contributed by atoms with E-state index in [0.29, 0.717) is 6.61 Å². The summed E-state index contributed by atoms with van der Waals surface area (Å²) in [5, 5.41) is 0. The van der Waals surface area contributed by atoms with Crippen molar-refractivity contribution in [2.45, 2.75) is 33.6 Å². The molecule has 0 radical (unpaired) electrons. The molecule has 0 spiro atoms. The van der Waals surface area contributed by atoms with Crippen molar-refractivity contribution in [1.29, 1.82) is 0 Å². The number of hydrogen-bond donors (Lipinski definition) is 1. The predicted molar refractivity (Wildman–Crippen MR) is 48.4 cm³/mol. The largest absolute Gasteiger partial charge is 0.273 e. The molecule has 0 bridgehead atoms. The van der Waals surface area contributed by atoms with Gasteiger partial charge in [-0.25, -0.2) is 5.48 Å². The number of amides is 1. The fraction of sp³-hybridized carbons (Fsp3) is 0.667. The van der Waals surface area contributed by atoms with Gasteiger partial charge < -0.3 is 0 Å². The normalized spacial score (nSPS) is 9.25. The van der Waals surface area contributed by atoms with Crippen LogP contribution in [0.5, 0.6) is 0 Å². The summed E-state index contributed by atoms with van der Waals surface area (Å²) in [5.41, 5.74) is 3.30. The first-order valence-corrected chi connectivity index (χ1v) is 4.23. The van der Waals surface area contributed by atoms with Crippen molar-refractivity contribution in [2.24, 2.45) is 0 Å². The number of carbonyl (C=O) groups excluding carboxylic acids is 1. The lowest BCUT2D eigenvalue weighted by atomic mass is 10.3. The van der Waals surface area contributed by atoms with Gasteiger partial charge in [0.15, 0.2) is 0 Å². The van der Waals surface area contributed by atoms with E-state index >= 15 is 0 Å². The molecule has 3 nitrogen and oxygen atoms in total. The van der Waals surface area contributed by atoms with E-state index in [9.17, 15) is 4.79 Å².